The van der Waals surface area contributed by atoms with Crippen LogP contribution in [0, 0.1) is 45.4 Å². The highest BCUT2D eigenvalue weighted by atomic mass is 16.5. The molecule has 0 saturated heterocycles. The molecule has 0 aliphatic heterocycles. The minimum absolute atomic E-state index is 0.594. The van der Waals surface area contributed by atoms with Gasteiger partial charge in [0.1, 0.15) is 12.0 Å². The summed E-state index contributed by atoms with van der Waals surface area (Å²) in [6.45, 7) is 21.4. The third kappa shape index (κ3) is 10.7. The second-order valence-electron chi connectivity index (χ2n) is 13.0. The van der Waals surface area contributed by atoms with Crippen LogP contribution in [0.25, 0.3) is 0 Å². The number of aldehydes is 1. The van der Waals surface area contributed by atoms with Crippen LogP contribution in [0.1, 0.15) is 148 Å². The van der Waals surface area contributed by atoms with Crippen molar-refractivity contribution < 1.29 is 9.53 Å². The van der Waals surface area contributed by atoms with Gasteiger partial charge in [0.05, 0.1) is 6.61 Å². The van der Waals surface area contributed by atoms with E-state index in [4.69, 9.17) is 4.74 Å². The molecule has 2 heteroatoms. The lowest BCUT2D eigenvalue weighted by atomic mass is 9.79. The highest BCUT2D eigenvalue weighted by Gasteiger charge is 2.20. The molecule has 0 amide bonds. The third-order valence-electron chi connectivity index (χ3n) is 9.37. The van der Waals surface area contributed by atoms with Crippen LogP contribution in [0.2, 0.25) is 0 Å². The Hall–Kier alpha value is -2.09. The quantitative estimate of drug-likeness (QED) is 0.129. The zero-order chi connectivity index (χ0) is 29.7. The second-order valence-corrected chi connectivity index (χ2v) is 13.0. The van der Waals surface area contributed by atoms with Gasteiger partial charge in [-0.2, -0.15) is 0 Å². The zero-order valence-corrected chi connectivity index (χ0v) is 27.5. The van der Waals surface area contributed by atoms with Crippen molar-refractivity contribution in [3.63, 3.8) is 0 Å². The Bertz CT molecular complexity index is 1010. The van der Waals surface area contributed by atoms with Gasteiger partial charge < -0.3 is 4.74 Å². The van der Waals surface area contributed by atoms with E-state index in [1.54, 1.807) is 5.56 Å². The highest BCUT2D eigenvalue weighted by Crippen LogP contribution is 2.34. The molecule has 0 N–H and O–H groups in total. The first-order valence-electron chi connectivity index (χ1n) is 16.4. The molecule has 0 saturated carbocycles. The Kier molecular flexibility index (Phi) is 15.1. The molecule has 0 bridgehead atoms. The van der Waals surface area contributed by atoms with Crippen LogP contribution in [0.4, 0.5) is 0 Å². The van der Waals surface area contributed by atoms with Crippen molar-refractivity contribution in [3.05, 3.63) is 63.2 Å². The predicted molar refractivity (Wildman–Crippen MR) is 174 cm³/mol. The molecule has 2 nitrogen and oxygen atoms in total. The SMILES string of the molecule is CCCCCC(CCCOc1c(C)cc(C=O)cc1C)Cc1cc(C)c(C)c(C(C)C(C)CCC(C)CCC)c1. The van der Waals surface area contributed by atoms with Crippen molar-refractivity contribution in [2.45, 2.75) is 139 Å². The maximum absolute atomic E-state index is 11.2. The Morgan fingerprint density at radius 1 is 0.750 bits per heavy atom. The summed E-state index contributed by atoms with van der Waals surface area (Å²) in [5.41, 5.74) is 8.86. The molecule has 0 spiro atoms. The number of aryl methyl sites for hydroxylation is 3. The van der Waals surface area contributed by atoms with Crippen molar-refractivity contribution in [2.24, 2.45) is 17.8 Å². The first-order valence-corrected chi connectivity index (χ1v) is 16.4. The fourth-order valence-electron chi connectivity index (χ4n) is 6.49. The van der Waals surface area contributed by atoms with Crippen LogP contribution in [0.15, 0.2) is 24.3 Å². The van der Waals surface area contributed by atoms with Crippen molar-refractivity contribution in [1.82, 2.24) is 0 Å². The number of rotatable bonds is 19. The van der Waals surface area contributed by atoms with E-state index in [0.29, 0.717) is 17.8 Å². The van der Waals surface area contributed by atoms with E-state index < -0.39 is 0 Å². The van der Waals surface area contributed by atoms with Crippen LogP contribution in [-0.2, 0) is 6.42 Å². The lowest BCUT2D eigenvalue weighted by Gasteiger charge is -2.26. The maximum atomic E-state index is 11.2. The molecule has 4 atom stereocenters. The van der Waals surface area contributed by atoms with E-state index in [-0.39, 0.29) is 0 Å². The summed E-state index contributed by atoms with van der Waals surface area (Å²) >= 11 is 0. The lowest BCUT2D eigenvalue weighted by molar-refractivity contribution is 0.112. The molecule has 2 aromatic rings. The van der Waals surface area contributed by atoms with Gasteiger partial charge in [-0.1, -0.05) is 91.7 Å². The summed E-state index contributed by atoms with van der Waals surface area (Å²) in [5.74, 6) is 3.77. The molecule has 40 heavy (non-hydrogen) atoms. The van der Waals surface area contributed by atoms with Crippen LogP contribution in [-0.4, -0.2) is 12.9 Å². The van der Waals surface area contributed by atoms with Crippen LogP contribution >= 0.6 is 0 Å². The molecule has 2 aromatic carbocycles. The lowest BCUT2D eigenvalue weighted by Crippen LogP contribution is -2.12. The Balaban J connectivity index is 2.08. The van der Waals surface area contributed by atoms with E-state index in [2.05, 4.69) is 60.6 Å². The molecule has 224 valence electrons. The van der Waals surface area contributed by atoms with Crippen LogP contribution < -0.4 is 4.74 Å². The van der Waals surface area contributed by atoms with E-state index >= 15 is 0 Å². The molecule has 0 aromatic heterocycles. The zero-order valence-electron chi connectivity index (χ0n) is 27.5. The fraction of sp³-hybridized carbons (Fsp3) is 0.658. The highest BCUT2D eigenvalue weighted by molar-refractivity contribution is 5.76. The monoisotopic (exact) mass is 548 g/mol. The molecule has 0 heterocycles. The topological polar surface area (TPSA) is 26.3 Å². The van der Waals surface area contributed by atoms with E-state index in [1.807, 2.05) is 26.0 Å². The molecular formula is C38H60O2. The molecular weight excluding hydrogens is 488 g/mol. The molecule has 4 unspecified atom stereocenters. The van der Waals surface area contributed by atoms with Crippen LogP contribution in [0.3, 0.4) is 0 Å². The summed E-state index contributed by atoms with van der Waals surface area (Å²) in [6.07, 6.45) is 14.8. The van der Waals surface area contributed by atoms with Crippen LogP contribution in [0.5, 0.6) is 5.75 Å². The summed E-state index contributed by atoms with van der Waals surface area (Å²) in [4.78, 5) is 11.2. The first kappa shape index (κ1) is 34.1. The number of carbonyl (C=O) groups excluding carboxylic acids is 1. The molecule has 0 fully saturated rings. The van der Waals surface area contributed by atoms with Gasteiger partial charge in [-0.05, 0) is 123 Å². The largest absolute Gasteiger partial charge is 0.493 e. The molecule has 0 aliphatic carbocycles. The number of carbonyl (C=O) groups is 1. The van der Waals surface area contributed by atoms with E-state index in [9.17, 15) is 4.79 Å². The van der Waals surface area contributed by atoms with Gasteiger partial charge in [0.15, 0.2) is 0 Å². The van der Waals surface area contributed by atoms with Crippen molar-refractivity contribution in [1.29, 1.82) is 0 Å². The molecule has 2 rings (SSSR count). The minimum atomic E-state index is 0.594. The Morgan fingerprint density at radius 3 is 2.05 bits per heavy atom. The Morgan fingerprint density at radius 2 is 1.43 bits per heavy atom. The number of ether oxygens (including phenoxy) is 1. The second kappa shape index (κ2) is 17.7. The first-order chi connectivity index (χ1) is 19.1. The van der Waals surface area contributed by atoms with Gasteiger partial charge >= 0.3 is 0 Å². The third-order valence-corrected chi connectivity index (χ3v) is 9.37. The summed E-state index contributed by atoms with van der Waals surface area (Å²) in [7, 11) is 0. The van der Waals surface area contributed by atoms with Gasteiger partial charge in [-0.3, -0.25) is 4.79 Å². The average molecular weight is 549 g/mol. The van der Waals surface area contributed by atoms with Gasteiger partial charge in [0.25, 0.3) is 0 Å². The van der Waals surface area contributed by atoms with Crippen molar-refractivity contribution in [3.8, 4) is 5.75 Å². The average Bonchev–Trinajstić information content (AvgIpc) is 2.92. The number of benzene rings is 2. The number of hydrogen-bond acceptors (Lipinski definition) is 2. The smallest absolute Gasteiger partial charge is 0.150 e. The fourth-order valence-corrected chi connectivity index (χ4v) is 6.49. The minimum Gasteiger partial charge on any atom is -0.493 e. The van der Waals surface area contributed by atoms with Gasteiger partial charge in [-0.25, -0.2) is 0 Å². The maximum Gasteiger partial charge on any atom is 0.150 e. The molecule has 0 radical (unpaired) electrons. The van der Waals surface area contributed by atoms with E-state index in [0.717, 1.165) is 47.7 Å². The number of hydrogen-bond donors (Lipinski definition) is 0. The van der Waals surface area contributed by atoms with Crippen molar-refractivity contribution >= 4 is 6.29 Å². The van der Waals surface area contributed by atoms with Gasteiger partial charge in [-0.15, -0.1) is 0 Å². The Labute approximate surface area is 247 Å². The van der Waals surface area contributed by atoms with Gasteiger partial charge in [0, 0.05) is 5.56 Å². The standard InChI is InChI=1S/C38H60O2/c1-10-12-13-16-34(17-14-20-40-38-30(6)22-36(26-39)23-31(38)7)24-35-21-29(5)33(9)37(25-35)32(8)28(4)19-18-27(3)15-11-2/h21-23,25-28,32,34H,10-20,24H2,1-9H3. The summed E-state index contributed by atoms with van der Waals surface area (Å²) in [6, 6.07) is 8.87. The van der Waals surface area contributed by atoms with Crippen molar-refractivity contribution in [2.75, 3.05) is 6.61 Å². The predicted octanol–water partition coefficient (Wildman–Crippen LogP) is 11.3. The van der Waals surface area contributed by atoms with E-state index in [1.165, 1.54) is 80.9 Å². The number of unbranched alkanes of at least 4 members (excludes halogenated alkanes) is 2. The molecule has 0 aliphatic rings. The summed E-state index contributed by atoms with van der Waals surface area (Å²) in [5, 5.41) is 0. The normalized spacial score (nSPS) is 14.5. The van der Waals surface area contributed by atoms with Gasteiger partial charge in [0.2, 0.25) is 0 Å². The summed E-state index contributed by atoms with van der Waals surface area (Å²) < 4.78 is 6.24.